The number of phenolic OH excluding ortho intramolecular Hbond substituents is 1. The van der Waals surface area contributed by atoms with Gasteiger partial charge in [0.15, 0.2) is 0 Å². The van der Waals surface area contributed by atoms with Gasteiger partial charge in [-0.25, -0.2) is 0 Å². The molecular weight excluding hydrogens is 200 g/mol. The number of likely N-dealkylation sites (N-methyl/N-ethyl adjacent to an activating group) is 2. The smallest absolute Gasteiger partial charge is 0.121 e. The topological polar surface area (TPSA) is 26.7 Å². The molecular formula is C13H18N2O. The summed E-state index contributed by atoms with van der Waals surface area (Å²) in [7, 11) is 4.28. The van der Waals surface area contributed by atoms with Gasteiger partial charge in [-0.1, -0.05) is 13.0 Å². The zero-order valence-electron chi connectivity index (χ0n) is 10.1. The SMILES string of the molecule is CN1CCC2(C)c3c(O)cccc3N(C)C12. The monoisotopic (exact) mass is 218 g/mol. The Labute approximate surface area is 96.3 Å². The van der Waals surface area contributed by atoms with Crippen LogP contribution in [-0.4, -0.2) is 36.8 Å². The lowest BCUT2D eigenvalue weighted by molar-refractivity contribution is 0.266. The number of hydrogen-bond donors (Lipinski definition) is 1. The van der Waals surface area contributed by atoms with E-state index in [9.17, 15) is 5.11 Å². The van der Waals surface area contributed by atoms with Crippen molar-refractivity contribution in [3.63, 3.8) is 0 Å². The summed E-state index contributed by atoms with van der Waals surface area (Å²) in [6.45, 7) is 3.36. The predicted octanol–water partition coefficient (Wildman–Crippen LogP) is 1.76. The zero-order valence-corrected chi connectivity index (χ0v) is 10.1. The predicted molar refractivity (Wildman–Crippen MR) is 64.9 cm³/mol. The molecule has 3 nitrogen and oxygen atoms in total. The quantitative estimate of drug-likeness (QED) is 0.719. The van der Waals surface area contributed by atoms with Crippen LogP contribution in [0.15, 0.2) is 18.2 Å². The molecule has 0 bridgehead atoms. The highest BCUT2D eigenvalue weighted by atomic mass is 16.3. The summed E-state index contributed by atoms with van der Waals surface area (Å²) in [5.41, 5.74) is 2.38. The van der Waals surface area contributed by atoms with E-state index < -0.39 is 0 Å². The van der Waals surface area contributed by atoms with Crippen molar-refractivity contribution in [2.24, 2.45) is 0 Å². The average Bonchev–Trinajstić information content (AvgIpc) is 2.65. The number of aromatic hydroxyl groups is 1. The van der Waals surface area contributed by atoms with Crippen molar-refractivity contribution in [2.45, 2.75) is 24.9 Å². The van der Waals surface area contributed by atoms with Crippen LogP contribution in [0.1, 0.15) is 18.9 Å². The van der Waals surface area contributed by atoms with Crippen LogP contribution < -0.4 is 4.90 Å². The molecule has 1 N–H and O–H groups in total. The summed E-state index contributed by atoms with van der Waals surface area (Å²) >= 11 is 0. The first-order valence-electron chi connectivity index (χ1n) is 5.81. The molecule has 1 aromatic rings. The first-order valence-corrected chi connectivity index (χ1v) is 5.81. The molecule has 2 aliphatic rings. The van der Waals surface area contributed by atoms with Gasteiger partial charge in [0.25, 0.3) is 0 Å². The second-order valence-corrected chi connectivity index (χ2v) is 5.30. The molecule has 2 heterocycles. The molecule has 1 saturated heterocycles. The minimum Gasteiger partial charge on any atom is -0.508 e. The Morgan fingerprint density at radius 3 is 2.88 bits per heavy atom. The summed E-state index contributed by atoms with van der Waals surface area (Å²) in [5, 5.41) is 10.1. The van der Waals surface area contributed by atoms with E-state index in [0.717, 1.165) is 18.5 Å². The molecule has 3 rings (SSSR count). The standard InChI is InChI=1S/C13H18N2O/c1-13-7-8-14(2)12(13)15(3)9-5-4-6-10(16)11(9)13/h4-6,12,16H,7-8H2,1-3H3. The number of phenols is 1. The zero-order chi connectivity index (χ0) is 11.5. The minimum atomic E-state index is 0.0736. The Bertz CT molecular complexity index is 446. The fraction of sp³-hybridized carbons (Fsp3) is 0.538. The molecule has 0 amide bonds. The number of anilines is 1. The summed E-state index contributed by atoms with van der Waals surface area (Å²) < 4.78 is 0. The minimum absolute atomic E-state index is 0.0736. The Hall–Kier alpha value is -1.22. The molecule has 0 aromatic heterocycles. The lowest BCUT2D eigenvalue weighted by Gasteiger charge is -2.32. The first-order chi connectivity index (χ1) is 7.55. The maximum atomic E-state index is 10.1. The third-order valence-corrected chi connectivity index (χ3v) is 4.31. The molecule has 0 saturated carbocycles. The number of benzene rings is 1. The van der Waals surface area contributed by atoms with Gasteiger partial charge in [0.05, 0.1) is 6.17 Å². The van der Waals surface area contributed by atoms with Crippen LogP contribution in [0, 0.1) is 0 Å². The van der Waals surface area contributed by atoms with Crippen molar-refractivity contribution in [3.8, 4) is 5.75 Å². The van der Waals surface area contributed by atoms with Gasteiger partial charge in [0, 0.05) is 30.3 Å². The Kier molecular flexibility index (Phi) is 1.82. The second-order valence-electron chi connectivity index (χ2n) is 5.30. The Morgan fingerprint density at radius 1 is 1.38 bits per heavy atom. The third-order valence-electron chi connectivity index (χ3n) is 4.31. The van der Waals surface area contributed by atoms with E-state index in [-0.39, 0.29) is 5.41 Å². The van der Waals surface area contributed by atoms with E-state index in [1.807, 2.05) is 6.07 Å². The first kappa shape index (κ1) is 9.97. The van der Waals surface area contributed by atoms with Crippen LogP contribution in [0.5, 0.6) is 5.75 Å². The molecule has 1 fully saturated rings. The molecule has 0 spiro atoms. The maximum Gasteiger partial charge on any atom is 0.121 e. The lowest BCUT2D eigenvalue weighted by Crippen LogP contribution is -2.45. The summed E-state index contributed by atoms with van der Waals surface area (Å²) in [4.78, 5) is 4.67. The molecule has 0 radical (unpaired) electrons. The van der Waals surface area contributed by atoms with Crippen LogP contribution >= 0.6 is 0 Å². The number of rotatable bonds is 0. The lowest BCUT2D eigenvalue weighted by atomic mass is 9.81. The Balaban J connectivity index is 2.24. The summed E-state index contributed by atoms with van der Waals surface area (Å²) in [5.74, 6) is 0.449. The molecule has 0 aliphatic carbocycles. The second kappa shape index (κ2) is 2.92. The largest absolute Gasteiger partial charge is 0.508 e. The maximum absolute atomic E-state index is 10.1. The Morgan fingerprint density at radius 2 is 2.12 bits per heavy atom. The van der Waals surface area contributed by atoms with Crippen molar-refractivity contribution in [1.82, 2.24) is 4.90 Å². The molecule has 2 atom stereocenters. The highest BCUT2D eigenvalue weighted by molar-refractivity contribution is 5.68. The fourth-order valence-electron chi connectivity index (χ4n) is 3.66. The van der Waals surface area contributed by atoms with Crippen molar-refractivity contribution >= 4 is 5.69 Å². The van der Waals surface area contributed by atoms with Crippen LogP contribution in [0.4, 0.5) is 5.69 Å². The number of likely N-dealkylation sites (tertiary alicyclic amines) is 1. The van der Waals surface area contributed by atoms with E-state index in [0.29, 0.717) is 11.9 Å². The molecule has 2 unspecified atom stereocenters. The van der Waals surface area contributed by atoms with E-state index in [2.05, 4.69) is 36.9 Å². The molecule has 86 valence electrons. The van der Waals surface area contributed by atoms with Crippen molar-refractivity contribution in [3.05, 3.63) is 23.8 Å². The van der Waals surface area contributed by atoms with Crippen molar-refractivity contribution < 1.29 is 5.11 Å². The van der Waals surface area contributed by atoms with Gasteiger partial charge < -0.3 is 10.0 Å². The van der Waals surface area contributed by atoms with Gasteiger partial charge in [0.2, 0.25) is 0 Å². The molecule has 3 heteroatoms. The van der Waals surface area contributed by atoms with Crippen LogP contribution in [0.2, 0.25) is 0 Å². The third kappa shape index (κ3) is 0.969. The molecule has 16 heavy (non-hydrogen) atoms. The highest BCUT2D eigenvalue weighted by Crippen LogP contribution is 2.53. The molecule has 2 aliphatic heterocycles. The number of fused-ring (bicyclic) bond motifs is 3. The van der Waals surface area contributed by atoms with Gasteiger partial charge >= 0.3 is 0 Å². The molecule has 1 aromatic carbocycles. The van der Waals surface area contributed by atoms with E-state index in [1.165, 1.54) is 5.69 Å². The van der Waals surface area contributed by atoms with Gasteiger partial charge in [-0.2, -0.15) is 0 Å². The van der Waals surface area contributed by atoms with E-state index >= 15 is 0 Å². The van der Waals surface area contributed by atoms with Crippen molar-refractivity contribution in [2.75, 3.05) is 25.5 Å². The average molecular weight is 218 g/mol. The van der Waals surface area contributed by atoms with Crippen LogP contribution in [0.25, 0.3) is 0 Å². The van der Waals surface area contributed by atoms with Gasteiger partial charge in [-0.05, 0) is 25.6 Å². The highest BCUT2D eigenvalue weighted by Gasteiger charge is 2.53. The van der Waals surface area contributed by atoms with Gasteiger partial charge in [-0.3, -0.25) is 4.90 Å². The summed E-state index contributed by atoms with van der Waals surface area (Å²) in [6, 6.07) is 5.83. The summed E-state index contributed by atoms with van der Waals surface area (Å²) in [6.07, 6.45) is 1.50. The van der Waals surface area contributed by atoms with Crippen LogP contribution in [-0.2, 0) is 5.41 Å². The van der Waals surface area contributed by atoms with Gasteiger partial charge in [-0.15, -0.1) is 0 Å². The van der Waals surface area contributed by atoms with E-state index in [1.54, 1.807) is 6.07 Å². The van der Waals surface area contributed by atoms with E-state index in [4.69, 9.17) is 0 Å². The normalized spacial score (nSPS) is 32.9. The fourth-order valence-corrected chi connectivity index (χ4v) is 3.66. The van der Waals surface area contributed by atoms with Gasteiger partial charge in [0.1, 0.15) is 5.75 Å². The van der Waals surface area contributed by atoms with Crippen LogP contribution in [0.3, 0.4) is 0 Å². The van der Waals surface area contributed by atoms with Crippen molar-refractivity contribution in [1.29, 1.82) is 0 Å². The number of nitrogens with zero attached hydrogens (tertiary/aromatic N) is 2. The number of hydrogen-bond acceptors (Lipinski definition) is 3.